The maximum absolute atomic E-state index is 11.6. The summed E-state index contributed by atoms with van der Waals surface area (Å²) in [5, 5.41) is 11.6. The number of amides is 1. The lowest BCUT2D eigenvalue weighted by molar-refractivity contribution is -0.120. The van der Waals surface area contributed by atoms with Crippen LogP contribution in [0.5, 0.6) is 0 Å². The topological polar surface area (TPSA) is 49.3 Å². The molecule has 0 aliphatic heterocycles. The second-order valence-corrected chi connectivity index (χ2v) is 5.18. The Kier molecular flexibility index (Phi) is 5.33. The van der Waals surface area contributed by atoms with Gasteiger partial charge < -0.3 is 10.4 Å². The van der Waals surface area contributed by atoms with Crippen molar-refractivity contribution in [3.8, 4) is 0 Å². The number of rotatable bonds is 5. The molecule has 1 fully saturated rings. The van der Waals surface area contributed by atoms with Crippen molar-refractivity contribution in [2.45, 2.75) is 43.9 Å². The molecule has 0 aromatic carbocycles. The van der Waals surface area contributed by atoms with Crippen LogP contribution < -0.4 is 5.32 Å². The minimum absolute atomic E-state index is 0.0391. The van der Waals surface area contributed by atoms with Gasteiger partial charge in [-0.15, -0.1) is 11.8 Å². The van der Waals surface area contributed by atoms with Crippen molar-refractivity contribution in [3.63, 3.8) is 0 Å². The van der Waals surface area contributed by atoms with Gasteiger partial charge in [-0.2, -0.15) is 0 Å². The van der Waals surface area contributed by atoms with Gasteiger partial charge in [0.05, 0.1) is 11.9 Å². The Labute approximate surface area is 89.6 Å². The summed E-state index contributed by atoms with van der Waals surface area (Å²) >= 11 is 1.51. The molecule has 14 heavy (non-hydrogen) atoms. The van der Waals surface area contributed by atoms with Crippen molar-refractivity contribution >= 4 is 17.7 Å². The first kappa shape index (κ1) is 11.9. The van der Waals surface area contributed by atoms with Gasteiger partial charge in [0.2, 0.25) is 5.91 Å². The minimum atomic E-state index is -0.0391. The molecular weight excluding hydrogens is 198 g/mol. The first-order valence-corrected chi connectivity index (χ1v) is 6.31. The highest BCUT2D eigenvalue weighted by Crippen LogP contribution is 2.18. The third kappa shape index (κ3) is 3.88. The monoisotopic (exact) mass is 217 g/mol. The summed E-state index contributed by atoms with van der Waals surface area (Å²) < 4.78 is 0. The Bertz CT molecular complexity index is 181. The van der Waals surface area contributed by atoms with E-state index in [0.717, 1.165) is 12.8 Å². The summed E-state index contributed by atoms with van der Waals surface area (Å²) in [6.07, 6.45) is 4.73. The van der Waals surface area contributed by atoms with Crippen LogP contribution in [-0.4, -0.2) is 34.7 Å². The molecule has 3 nitrogen and oxygen atoms in total. The zero-order chi connectivity index (χ0) is 10.4. The summed E-state index contributed by atoms with van der Waals surface area (Å²) in [6, 6.07) is 0.402. The largest absolute Gasteiger partial charge is 0.396 e. The van der Waals surface area contributed by atoms with E-state index in [-0.39, 0.29) is 17.8 Å². The van der Waals surface area contributed by atoms with Gasteiger partial charge in [-0.25, -0.2) is 0 Å². The van der Waals surface area contributed by atoms with Crippen LogP contribution in [0.3, 0.4) is 0 Å². The van der Waals surface area contributed by atoms with Crippen molar-refractivity contribution in [3.05, 3.63) is 0 Å². The second kappa shape index (κ2) is 6.30. The van der Waals surface area contributed by atoms with E-state index >= 15 is 0 Å². The molecule has 1 unspecified atom stereocenters. The summed E-state index contributed by atoms with van der Waals surface area (Å²) in [5.74, 6) is 0.759. The average molecular weight is 217 g/mol. The van der Waals surface area contributed by atoms with E-state index in [2.05, 4.69) is 5.32 Å². The molecule has 0 radical (unpaired) electrons. The van der Waals surface area contributed by atoms with Gasteiger partial charge in [0.1, 0.15) is 0 Å². The van der Waals surface area contributed by atoms with Gasteiger partial charge in [-0.3, -0.25) is 4.79 Å². The Morgan fingerprint density at radius 1 is 1.57 bits per heavy atom. The Hall–Kier alpha value is -0.220. The Morgan fingerprint density at radius 3 is 2.79 bits per heavy atom. The Morgan fingerprint density at radius 2 is 2.21 bits per heavy atom. The number of nitrogens with one attached hydrogen (secondary N) is 1. The smallest absolute Gasteiger partial charge is 0.233 e. The molecule has 4 heteroatoms. The minimum Gasteiger partial charge on any atom is -0.396 e. The molecule has 0 saturated heterocycles. The van der Waals surface area contributed by atoms with Crippen LogP contribution in [-0.2, 0) is 4.79 Å². The average Bonchev–Trinajstić information content (AvgIpc) is 2.66. The maximum atomic E-state index is 11.6. The summed E-state index contributed by atoms with van der Waals surface area (Å²) in [4.78, 5) is 11.6. The fourth-order valence-electron chi connectivity index (χ4n) is 1.69. The molecule has 82 valence electrons. The molecule has 1 aliphatic carbocycles. The lowest BCUT2D eigenvalue weighted by Gasteiger charge is -2.15. The molecule has 2 N–H and O–H groups in total. The Balaban J connectivity index is 2.18. The third-order valence-electron chi connectivity index (χ3n) is 2.53. The van der Waals surface area contributed by atoms with Gasteiger partial charge in [0, 0.05) is 11.8 Å². The van der Waals surface area contributed by atoms with Crippen molar-refractivity contribution in [2.75, 3.05) is 12.4 Å². The van der Waals surface area contributed by atoms with Gasteiger partial charge in [0.15, 0.2) is 0 Å². The summed E-state index contributed by atoms with van der Waals surface area (Å²) in [7, 11) is 0. The first-order valence-electron chi connectivity index (χ1n) is 5.27. The number of aliphatic hydroxyl groups is 1. The van der Waals surface area contributed by atoms with Crippen molar-refractivity contribution in [1.82, 2.24) is 5.32 Å². The van der Waals surface area contributed by atoms with Gasteiger partial charge in [-0.05, 0) is 19.8 Å². The van der Waals surface area contributed by atoms with E-state index in [1.807, 2.05) is 6.92 Å². The SMILES string of the molecule is CC(SCCO)C(=O)NC1CCCC1. The molecule has 0 aromatic rings. The highest BCUT2D eigenvalue weighted by molar-refractivity contribution is 8.00. The van der Waals surface area contributed by atoms with Crippen LogP contribution in [0.4, 0.5) is 0 Å². The second-order valence-electron chi connectivity index (χ2n) is 3.73. The molecule has 0 aromatic heterocycles. The van der Waals surface area contributed by atoms with Gasteiger partial charge in [-0.1, -0.05) is 12.8 Å². The summed E-state index contributed by atoms with van der Waals surface area (Å²) in [5.41, 5.74) is 0. The van der Waals surface area contributed by atoms with Crippen LogP contribution >= 0.6 is 11.8 Å². The van der Waals surface area contributed by atoms with Crippen LogP contribution in [0.25, 0.3) is 0 Å². The predicted octanol–water partition coefficient (Wildman–Crippen LogP) is 1.16. The fourth-order valence-corrected chi connectivity index (χ4v) is 2.37. The third-order valence-corrected chi connectivity index (χ3v) is 3.66. The van der Waals surface area contributed by atoms with E-state index in [4.69, 9.17) is 5.11 Å². The fraction of sp³-hybridized carbons (Fsp3) is 0.900. The molecular formula is C10H19NO2S. The number of thioether (sulfide) groups is 1. The van der Waals surface area contributed by atoms with E-state index < -0.39 is 0 Å². The number of hydrogen-bond donors (Lipinski definition) is 2. The van der Waals surface area contributed by atoms with Crippen LogP contribution in [0.1, 0.15) is 32.6 Å². The lowest BCUT2D eigenvalue weighted by Crippen LogP contribution is -2.37. The molecule has 0 bridgehead atoms. The standard InChI is InChI=1S/C10H19NO2S/c1-8(14-7-6-12)10(13)11-9-4-2-3-5-9/h8-9,12H,2-7H2,1H3,(H,11,13). The van der Waals surface area contributed by atoms with Crippen molar-refractivity contribution < 1.29 is 9.90 Å². The summed E-state index contributed by atoms with van der Waals surface area (Å²) in [6.45, 7) is 2.04. The molecule has 0 spiro atoms. The zero-order valence-corrected chi connectivity index (χ0v) is 9.48. The van der Waals surface area contributed by atoms with Gasteiger partial charge in [0.25, 0.3) is 0 Å². The van der Waals surface area contributed by atoms with E-state index in [1.54, 1.807) is 0 Å². The quantitative estimate of drug-likeness (QED) is 0.726. The van der Waals surface area contributed by atoms with E-state index in [0.29, 0.717) is 11.8 Å². The molecule has 1 saturated carbocycles. The predicted molar refractivity (Wildman–Crippen MR) is 59.4 cm³/mol. The van der Waals surface area contributed by atoms with Crippen molar-refractivity contribution in [1.29, 1.82) is 0 Å². The molecule has 1 amide bonds. The number of hydrogen-bond acceptors (Lipinski definition) is 3. The normalized spacial score (nSPS) is 19.6. The molecule has 1 rings (SSSR count). The molecule has 1 aliphatic rings. The highest BCUT2D eigenvalue weighted by Gasteiger charge is 2.20. The molecule has 1 atom stereocenters. The maximum Gasteiger partial charge on any atom is 0.233 e. The number of aliphatic hydroxyl groups excluding tert-OH is 1. The lowest BCUT2D eigenvalue weighted by atomic mass is 10.2. The number of carbonyl (C=O) groups excluding carboxylic acids is 1. The van der Waals surface area contributed by atoms with Gasteiger partial charge >= 0.3 is 0 Å². The van der Waals surface area contributed by atoms with Crippen LogP contribution in [0, 0.1) is 0 Å². The zero-order valence-electron chi connectivity index (χ0n) is 8.66. The van der Waals surface area contributed by atoms with E-state index in [1.165, 1.54) is 24.6 Å². The van der Waals surface area contributed by atoms with Crippen molar-refractivity contribution in [2.24, 2.45) is 0 Å². The number of carbonyl (C=O) groups is 1. The van der Waals surface area contributed by atoms with Crippen LogP contribution in [0.2, 0.25) is 0 Å². The van der Waals surface area contributed by atoms with Crippen LogP contribution in [0.15, 0.2) is 0 Å². The first-order chi connectivity index (χ1) is 6.74. The molecule has 0 heterocycles. The highest BCUT2D eigenvalue weighted by atomic mass is 32.2. The van der Waals surface area contributed by atoms with E-state index in [9.17, 15) is 4.79 Å².